The largest absolute Gasteiger partial charge is 0.496 e. The third-order valence-electron chi connectivity index (χ3n) is 4.70. The molecule has 0 aromatic heterocycles. The van der Waals surface area contributed by atoms with Crippen molar-refractivity contribution >= 4 is 5.57 Å². The number of hydrogen-bond donors (Lipinski definition) is 0. The van der Waals surface area contributed by atoms with Crippen LogP contribution >= 0.6 is 0 Å². The minimum absolute atomic E-state index is 0.299. The molecule has 132 valence electrons. The lowest BCUT2D eigenvalue weighted by atomic mass is 9.92. The van der Waals surface area contributed by atoms with Crippen molar-refractivity contribution in [1.82, 2.24) is 9.80 Å². The second-order valence-corrected chi connectivity index (χ2v) is 6.20. The van der Waals surface area contributed by atoms with Crippen LogP contribution in [0.2, 0.25) is 0 Å². The summed E-state index contributed by atoms with van der Waals surface area (Å²) in [6, 6.07) is 5.93. The highest BCUT2D eigenvalue weighted by Crippen LogP contribution is 2.38. The first-order chi connectivity index (χ1) is 11.5. The van der Waals surface area contributed by atoms with E-state index in [4.69, 9.17) is 9.47 Å². The molecule has 2 rings (SSSR count). The van der Waals surface area contributed by atoms with Crippen LogP contribution in [0, 0.1) is 5.92 Å². The minimum Gasteiger partial charge on any atom is -0.496 e. The zero-order valence-corrected chi connectivity index (χ0v) is 15.6. The van der Waals surface area contributed by atoms with Crippen molar-refractivity contribution < 1.29 is 9.47 Å². The van der Waals surface area contributed by atoms with Gasteiger partial charge < -0.3 is 19.3 Å². The predicted molar refractivity (Wildman–Crippen MR) is 101 cm³/mol. The second-order valence-electron chi connectivity index (χ2n) is 6.20. The summed E-state index contributed by atoms with van der Waals surface area (Å²) in [5, 5.41) is 0. The first kappa shape index (κ1) is 18.4. The third kappa shape index (κ3) is 3.75. The number of ether oxygens (including phenoxy) is 2. The lowest BCUT2D eigenvalue weighted by Gasteiger charge is -2.35. The van der Waals surface area contributed by atoms with Crippen molar-refractivity contribution in [3.8, 4) is 11.5 Å². The van der Waals surface area contributed by atoms with Crippen LogP contribution in [-0.2, 0) is 0 Å². The van der Waals surface area contributed by atoms with E-state index < -0.39 is 0 Å². The highest BCUT2D eigenvalue weighted by atomic mass is 16.5. The summed E-state index contributed by atoms with van der Waals surface area (Å²) < 4.78 is 11.2. The molecule has 0 aliphatic carbocycles. The van der Waals surface area contributed by atoms with E-state index in [1.807, 2.05) is 18.2 Å². The van der Waals surface area contributed by atoms with Gasteiger partial charge in [0, 0.05) is 37.8 Å². The highest BCUT2D eigenvalue weighted by molar-refractivity contribution is 5.77. The quantitative estimate of drug-likeness (QED) is 0.764. The first-order valence-corrected chi connectivity index (χ1v) is 8.59. The van der Waals surface area contributed by atoms with Crippen molar-refractivity contribution in [2.24, 2.45) is 5.92 Å². The van der Waals surface area contributed by atoms with Gasteiger partial charge in [-0.1, -0.05) is 18.7 Å². The summed E-state index contributed by atoms with van der Waals surface area (Å²) in [6.45, 7) is 12.5. The molecule has 4 heteroatoms. The minimum atomic E-state index is 0.299. The number of nitrogens with zero attached hydrogens (tertiary/aromatic N) is 2. The molecule has 0 radical (unpaired) electrons. The molecule has 0 N–H and O–H groups in total. The van der Waals surface area contributed by atoms with Crippen LogP contribution in [0.25, 0.3) is 5.57 Å². The Morgan fingerprint density at radius 2 is 1.79 bits per heavy atom. The fraction of sp³-hybridized carbons (Fsp3) is 0.500. The predicted octanol–water partition coefficient (Wildman–Crippen LogP) is 3.50. The van der Waals surface area contributed by atoms with Gasteiger partial charge >= 0.3 is 0 Å². The molecule has 0 saturated heterocycles. The Morgan fingerprint density at radius 1 is 1.21 bits per heavy atom. The molecule has 1 aromatic rings. The summed E-state index contributed by atoms with van der Waals surface area (Å²) in [6.07, 6.45) is 2.33. The second kappa shape index (κ2) is 8.25. The standard InChI is InChI=1S/C20H30N2O2/c1-7-22(8-2)15(3)16-12-17(14-21(4)13-16)20-18(23-5)10-9-11-19(20)24-6/h9-12,16H,3,7-8,13-14H2,1-2,4-6H3/t16-/m1/s1. The van der Waals surface area contributed by atoms with Gasteiger partial charge in [-0.15, -0.1) is 0 Å². The van der Waals surface area contributed by atoms with Crippen molar-refractivity contribution in [1.29, 1.82) is 0 Å². The topological polar surface area (TPSA) is 24.9 Å². The molecule has 1 heterocycles. The highest BCUT2D eigenvalue weighted by Gasteiger charge is 2.25. The molecule has 0 bridgehead atoms. The molecule has 0 spiro atoms. The number of rotatable bonds is 7. The van der Waals surface area contributed by atoms with Crippen LogP contribution in [0.15, 0.2) is 36.6 Å². The van der Waals surface area contributed by atoms with Gasteiger partial charge in [0.2, 0.25) is 0 Å². The Hall–Kier alpha value is -1.94. The Bertz CT molecular complexity index is 583. The van der Waals surface area contributed by atoms with Gasteiger partial charge in [0.25, 0.3) is 0 Å². The molecule has 1 aliphatic rings. The van der Waals surface area contributed by atoms with Crippen molar-refractivity contribution in [3.05, 3.63) is 42.1 Å². The van der Waals surface area contributed by atoms with Gasteiger partial charge in [-0.25, -0.2) is 0 Å². The first-order valence-electron chi connectivity index (χ1n) is 8.59. The third-order valence-corrected chi connectivity index (χ3v) is 4.70. The molecule has 1 aromatic carbocycles. The SMILES string of the molecule is C=C([C@@H]1C=C(c2c(OC)cccc2OC)CN(C)C1)N(CC)CC. The van der Waals surface area contributed by atoms with E-state index in [9.17, 15) is 0 Å². The van der Waals surface area contributed by atoms with Gasteiger partial charge in [-0.2, -0.15) is 0 Å². The zero-order valence-electron chi connectivity index (χ0n) is 15.6. The Balaban J connectivity index is 2.44. The fourth-order valence-corrected chi connectivity index (χ4v) is 3.44. The van der Waals surface area contributed by atoms with E-state index in [2.05, 4.69) is 43.3 Å². The fourth-order valence-electron chi connectivity index (χ4n) is 3.44. The number of likely N-dealkylation sites (N-methyl/N-ethyl adjacent to an activating group) is 1. The number of hydrogen-bond acceptors (Lipinski definition) is 4. The van der Waals surface area contributed by atoms with E-state index in [-0.39, 0.29) is 0 Å². The normalized spacial score (nSPS) is 18.0. The molecule has 1 atom stereocenters. The molecular formula is C20H30N2O2. The average Bonchev–Trinajstić information content (AvgIpc) is 2.61. The van der Waals surface area contributed by atoms with Crippen LogP contribution < -0.4 is 9.47 Å². The van der Waals surface area contributed by atoms with Gasteiger partial charge in [-0.3, -0.25) is 0 Å². The molecule has 0 unspecified atom stereocenters. The zero-order chi connectivity index (χ0) is 17.7. The Kier molecular flexibility index (Phi) is 6.32. The number of benzene rings is 1. The van der Waals surface area contributed by atoms with Gasteiger partial charge in [0.1, 0.15) is 11.5 Å². The van der Waals surface area contributed by atoms with Gasteiger partial charge in [-0.05, 0) is 38.6 Å². The lowest BCUT2D eigenvalue weighted by Crippen LogP contribution is -2.36. The van der Waals surface area contributed by atoms with E-state index in [1.165, 1.54) is 11.3 Å². The van der Waals surface area contributed by atoms with E-state index in [0.717, 1.165) is 43.2 Å². The Labute approximate surface area is 146 Å². The van der Waals surface area contributed by atoms with Crippen molar-refractivity contribution in [2.75, 3.05) is 47.4 Å². The Morgan fingerprint density at radius 3 is 2.29 bits per heavy atom. The summed E-state index contributed by atoms with van der Waals surface area (Å²) in [5.74, 6) is 2.00. The maximum Gasteiger partial charge on any atom is 0.130 e. The van der Waals surface area contributed by atoms with Crippen molar-refractivity contribution in [2.45, 2.75) is 13.8 Å². The monoisotopic (exact) mass is 330 g/mol. The van der Waals surface area contributed by atoms with E-state index in [1.54, 1.807) is 14.2 Å². The summed E-state index contributed by atoms with van der Waals surface area (Å²) in [4.78, 5) is 4.66. The van der Waals surface area contributed by atoms with Crippen molar-refractivity contribution in [3.63, 3.8) is 0 Å². The van der Waals surface area contributed by atoms with Crippen LogP contribution in [0.5, 0.6) is 11.5 Å². The van der Waals surface area contributed by atoms with E-state index in [0.29, 0.717) is 5.92 Å². The van der Waals surface area contributed by atoms with Crippen LogP contribution in [0.1, 0.15) is 19.4 Å². The van der Waals surface area contributed by atoms with Crippen LogP contribution in [0.3, 0.4) is 0 Å². The van der Waals surface area contributed by atoms with Crippen LogP contribution in [0.4, 0.5) is 0 Å². The molecule has 24 heavy (non-hydrogen) atoms. The maximum absolute atomic E-state index is 5.59. The maximum atomic E-state index is 5.59. The van der Waals surface area contributed by atoms with Gasteiger partial charge in [0.05, 0.1) is 19.8 Å². The molecular weight excluding hydrogens is 300 g/mol. The summed E-state index contributed by atoms with van der Waals surface area (Å²) >= 11 is 0. The number of methoxy groups -OCH3 is 2. The van der Waals surface area contributed by atoms with Gasteiger partial charge in [0.15, 0.2) is 0 Å². The molecule has 4 nitrogen and oxygen atoms in total. The van der Waals surface area contributed by atoms with E-state index >= 15 is 0 Å². The van der Waals surface area contributed by atoms with Crippen LogP contribution in [-0.4, -0.2) is 57.2 Å². The summed E-state index contributed by atoms with van der Waals surface area (Å²) in [7, 11) is 5.56. The molecule has 0 saturated carbocycles. The summed E-state index contributed by atoms with van der Waals surface area (Å²) in [5.41, 5.74) is 3.46. The smallest absolute Gasteiger partial charge is 0.130 e. The molecule has 0 fully saturated rings. The lowest BCUT2D eigenvalue weighted by molar-refractivity contribution is 0.284. The molecule has 0 amide bonds. The molecule has 1 aliphatic heterocycles. The average molecular weight is 330 g/mol.